The van der Waals surface area contributed by atoms with E-state index in [1.807, 2.05) is 6.92 Å². The monoisotopic (exact) mass is 215 g/mol. The molecule has 0 spiro atoms. The lowest BCUT2D eigenvalue weighted by molar-refractivity contribution is 0.0554. The fourth-order valence-electron chi connectivity index (χ4n) is 1.63. The van der Waals surface area contributed by atoms with Crippen molar-refractivity contribution in [1.82, 2.24) is 0 Å². The van der Waals surface area contributed by atoms with Crippen molar-refractivity contribution in [3.05, 3.63) is 0 Å². The van der Waals surface area contributed by atoms with Gasteiger partial charge in [0.2, 0.25) is 0 Å². The van der Waals surface area contributed by atoms with E-state index in [0.29, 0.717) is 12.1 Å². The Morgan fingerprint density at radius 3 is 2.33 bits per heavy atom. The zero-order chi connectivity index (χ0) is 11.5. The molecule has 2 nitrogen and oxygen atoms in total. The van der Waals surface area contributed by atoms with Gasteiger partial charge in [-0.25, -0.2) is 0 Å². The van der Waals surface area contributed by atoms with Crippen molar-refractivity contribution in [2.75, 3.05) is 6.61 Å². The first-order chi connectivity index (χ1) is 7.16. The number of hydrogen-bond donors (Lipinski definition) is 1. The van der Waals surface area contributed by atoms with Crippen molar-refractivity contribution in [2.45, 2.75) is 77.9 Å². The van der Waals surface area contributed by atoms with E-state index in [-0.39, 0.29) is 0 Å². The molecule has 0 bridgehead atoms. The minimum absolute atomic E-state index is 0.313. The summed E-state index contributed by atoms with van der Waals surface area (Å²) >= 11 is 0. The van der Waals surface area contributed by atoms with Crippen LogP contribution in [0.4, 0.5) is 0 Å². The fourth-order valence-corrected chi connectivity index (χ4v) is 1.63. The summed E-state index contributed by atoms with van der Waals surface area (Å²) in [5.41, 5.74) is 5.67. The molecule has 0 aliphatic carbocycles. The van der Waals surface area contributed by atoms with Gasteiger partial charge in [-0.1, -0.05) is 32.6 Å². The Hall–Kier alpha value is -0.0800. The summed E-state index contributed by atoms with van der Waals surface area (Å²) in [6.07, 6.45) is 9.13. The minimum atomic E-state index is 0.313. The number of rotatable bonds is 10. The summed E-state index contributed by atoms with van der Waals surface area (Å²) in [5, 5.41) is 0. The number of unbranched alkanes of at least 4 members (excludes halogenated alkanes) is 3. The molecule has 2 heteroatoms. The standard InChI is InChI=1S/C13H29NO/c1-4-5-6-7-10-13(3)15-11-8-9-12(2)14/h12-13H,4-11,14H2,1-3H3. The van der Waals surface area contributed by atoms with Gasteiger partial charge in [-0.05, 0) is 33.1 Å². The Morgan fingerprint density at radius 2 is 1.73 bits per heavy atom. The van der Waals surface area contributed by atoms with Crippen molar-refractivity contribution in [3.63, 3.8) is 0 Å². The van der Waals surface area contributed by atoms with Gasteiger partial charge in [-0.3, -0.25) is 0 Å². The van der Waals surface area contributed by atoms with E-state index in [4.69, 9.17) is 10.5 Å². The first kappa shape index (κ1) is 14.9. The summed E-state index contributed by atoms with van der Waals surface area (Å²) < 4.78 is 5.72. The van der Waals surface area contributed by atoms with Gasteiger partial charge in [0.15, 0.2) is 0 Å². The van der Waals surface area contributed by atoms with Crippen LogP contribution in [-0.2, 0) is 4.74 Å². The van der Waals surface area contributed by atoms with Gasteiger partial charge in [-0.2, -0.15) is 0 Å². The molecule has 0 aliphatic rings. The molecule has 15 heavy (non-hydrogen) atoms. The van der Waals surface area contributed by atoms with E-state index in [2.05, 4.69) is 13.8 Å². The maximum absolute atomic E-state index is 5.72. The van der Waals surface area contributed by atoms with Crippen LogP contribution in [0.15, 0.2) is 0 Å². The Kier molecular flexibility index (Phi) is 10.4. The van der Waals surface area contributed by atoms with Crippen LogP contribution in [0.2, 0.25) is 0 Å². The first-order valence-corrected chi connectivity index (χ1v) is 6.54. The van der Waals surface area contributed by atoms with Crippen molar-refractivity contribution in [2.24, 2.45) is 5.73 Å². The molecule has 92 valence electrons. The molecule has 0 aromatic carbocycles. The van der Waals surface area contributed by atoms with Crippen molar-refractivity contribution < 1.29 is 4.74 Å². The number of hydrogen-bond acceptors (Lipinski definition) is 2. The lowest BCUT2D eigenvalue weighted by atomic mass is 10.1. The van der Waals surface area contributed by atoms with E-state index in [9.17, 15) is 0 Å². The van der Waals surface area contributed by atoms with Gasteiger partial charge in [0, 0.05) is 12.6 Å². The Morgan fingerprint density at radius 1 is 1.00 bits per heavy atom. The minimum Gasteiger partial charge on any atom is -0.379 e. The lowest BCUT2D eigenvalue weighted by Gasteiger charge is -2.13. The SMILES string of the molecule is CCCCCCC(C)OCCCC(C)N. The lowest BCUT2D eigenvalue weighted by Crippen LogP contribution is -2.16. The van der Waals surface area contributed by atoms with Crippen LogP contribution >= 0.6 is 0 Å². The van der Waals surface area contributed by atoms with Crippen LogP contribution in [0.3, 0.4) is 0 Å². The maximum Gasteiger partial charge on any atom is 0.0547 e. The van der Waals surface area contributed by atoms with E-state index in [0.717, 1.165) is 19.4 Å². The van der Waals surface area contributed by atoms with Crippen LogP contribution in [0.5, 0.6) is 0 Å². The van der Waals surface area contributed by atoms with E-state index in [1.165, 1.54) is 32.1 Å². The van der Waals surface area contributed by atoms with Crippen molar-refractivity contribution >= 4 is 0 Å². The highest BCUT2D eigenvalue weighted by Crippen LogP contribution is 2.08. The summed E-state index contributed by atoms with van der Waals surface area (Å²) in [7, 11) is 0. The Balaban J connectivity index is 3.15. The molecule has 0 radical (unpaired) electrons. The second-order valence-corrected chi connectivity index (χ2v) is 4.65. The average Bonchev–Trinajstić information content (AvgIpc) is 2.19. The van der Waals surface area contributed by atoms with Crippen LogP contribution in [0, 0.1) is 0 Å². The summed E-state index contributed by atoms with van der Waals surface area (Å²) in [6, 6.07) is 0.313. The van der Waals surface area contributed by atoms with Crippen LogP contribution in [-0.4, -0.2) is 18.8 Å². The highest BCUT2D eigenvalue weighted by atomic mass is 16.5. The van der Waals surface area contributed by atoms with Gasteiger partial charge in [0.1, 0.15) is 0 Å². The quantitative estimate of drug-likeness (QED) is 0.566. The maximum atomic E-state index is 5.72. The smallest absolute Gasteiger partial charge is 0.0547 e. The second-order valence-electron chi connectivity index (χ2n) is 4.65. The molecule has 0 amide bonds. The zero-order valence-electron chi connectivity index (χ0n) is 10.8. The molecule has 2 atom stereocenters. The highest BCUT2D eigenvalue weighted by Gasteiger charge is 2.02. The molecule has 0 aromatic heterocycles. The van der Waals surface area contributed by atoms with Crippen LogP contribution in [0.1, 0.15) is 65.7 Å². The predicted molar refractivity (Wildman–Crippen MR) is 67.1 cm³/mol. The third kappa shape index (κ3) is 11.8. The van der Waals surface area contributed by atoms with E-state index < -0.39 is 0 Å². The molecule has 0 fully saturated rings. The molecule has 0 aromatic rings. The largest absolute Gasteiger partial charge is 0.379 e. The zero-order valence-corrected chi connectivity index (χ0v) is 10.8. The molecule has 0 rings (SSSR count). The number of ether oxygens (including phenoxy) is 1. The molecule has 0 saturated heterocycles. The molecule has 0 saturated carbocycles. The predicted octanol–water partition coefficient (Wildman–Crippen LogP) is 3.49. The van der Waals surface area contributed by atoms with Gasteiger partial charge in [-0.15, -0.1) is 0 Å². The third-order valence-electron chi connectivity index (χ3n) is 2.67. The molecule has 0 heterocycles. The molecule has 2 unspecified atom stereocenters. The van der Waals surface area contributed by atoms with Crippen LogP contribution < -0.4 is 5.73 Å². The van der Waals surface area contributed by atoms with Gasteiger partial charge < -0.3 is 10.5 Å². The topological polar surface area (TPSA) is 35.2 Å². The Bertz CT molecular complexity index is 126. The van der Waals surface area contributed by atoms with E-state index >= 15 is 0 Å². The first-order valence-electron chi connectivity index (χ1n) is 6.54. The number of nitrogens with two attached hydrogens (primary N) is 1. The van der Waals surface area contributed by atoms with Crippen molar-refractivity contribution in [3.8, 4) is 0 Å². The second kappa shape index (κ2) is 10.4. The summed E-state index contributed by atoms with van der Waals surface area (Å²) in [6.45, 7) is 7.34. The molecular weight excluding hydrogens is 186 g/mol. The third-order valence-corrected chi connectivity index (χ3v) is 2.67. The fraction of sp³-hybridized carbons (Fsp3) is 1.00. The average molecular weight is 215 g/mol. The Labute approximate surface area is 95.6 Å². The molecule has 2 N–H and O–H groups in total. The van der Waals surface area contributed by atoms with Gasteiger partial charge >= 0.3 is 0 Å². The van der Waals surface area contributed by atoms with Crippen LogP contribution in [0.25, 0.3) is 0 Å². The van der Waals surface area contributed by atoms with Crippen molar-refractivity contribution in [1.29, 1.82) is 0 Å². The van der Waals surface area contributed by atoms with E-state index in [1.54, 1.807) is 0 Å². The highest BCUT2D eigenvalue weighted by molar-refractivity contribution is 4.54. The molecular formula is C13H29NO. The summed E-state index contributed by atoms with van der Waals surface area (Å²) in [5.74, 6) is 0. The normalized spacial score (nSPS) is 15.2. The van der Waals surface area contributed by atoms with Gasteiger partial charge in [0.05, 0.1) is 6.10 Å². The molecule has 0 aliphatic heterocycles. The summed E-state index contributed by atoms with van der Waals surface area (Å²) in [4.78, 5) is 0. The van der Waals surface area contributed by atoms with Gasteiger partial charge in [0.25, 0.3) is 0 Å².